The Morgan fingerprint density at radius 1 is 1.00 bits per heavy atom. The minimum Gasteiger partial charge on any atom is -0.378 e. The smallest absolute Gasteiger partial charge is 0.230 e. The van der Waals surface area contributed by atoms with Gasteiger partial charge in [0.05, 0.1) is 6.04 Å². The van der Waals surface area contributed by atoms with Gasteiger partial charge in [0, 0.05) is 28.9 Å². The largest absolute Gasteiger partial charge is 0.378 e. The minimum atomic E-state index is -0.315. The fourth-order valence-electron chi connectivity index (χ4n) is 4.60. The highest BCUT2D eigenvalue weighted by atomic mass is 19.1. The van der Waals surface area contributed by atoms with E-state index in [1.807, 2.05) is 11.8 Å². The van der Waals surface area contributed by atoms with E-state index in [1.165, 1.54) is 30.7 Å². The first-order valence-electron chi connectivity index (χ1n) is 10.2. The molecule has 1 N–H and O–H groups in total. The highest BCUT2D eigenvalue weighted by Gasteiger charge is 2.37. The van der Waals surface area contributed by atoms with Crippen molar-refractivity contribution in [3.05, 3.63) is 59.7 Å². The van der Waals surface area contributed by atoms with Crippen LogP contribution in [0.3, 0.4) is 0 Å². The predicted octanol–water partition coefficient (Wildman–Crippen LogP) is 5.82. The zero-order valence-corrected chi connectivity index (χ0v) is 16.1. The van der Waals surface area contributed by atoms with E-state index in [9.17, 15) is 13.6 Å². The molecule has 28 heavy (non-hydrogen) atoms. The van der Waals surface area contributed by atoms with Crippen molar-refractivity contribution in [2.75, 3.05) is 10.2 Å². The van der Waals surface area contributed by atoms with Gasteiger partial charge in [-0.15, -0.1) is 0 Å². The molecule has 1 aliphatic carbocycles. The lowest BCUT2D eigenvalue weighted by atomic mass is 9.85. The SMILES string of the molecule is C[C@@H]1C[C@H](Nc2ccc(F)cc2)c2cc(F)ccc2N1C(=O)C1CCCCC1. The number of anilines is 2. The second-order valence-electron chi connectivity index (χ2n) is 8.03. The summed E-state index contributed by atoms with van der Waals surface area (Å²) in [5.74, 6) is -0.376. The molecule has 0 unspecified atom stereocenters. The van der Waals surface area contributed by atoms with Crippen LogP contribution in [0, 0.1) is 17.6 Å². The van der Waals surface area contributed by atoms with Crippen LogP contribution in [0.2, 0.25) is 0 Å². The van der Waals surface area contributed by atoms with Crippen molar-refractivity contribution in [3.63, 3.8) is 0 Å². The summed E-state index contributed by atoms with van der Waals surface area (Å²) < 4.78 is 27.3. The lowest BCUT2D eigenvalue weighted by Gasteiger charge is -2.42. The van der Waals surface area contributed by atoms with E-state index in [0.717, 1.165) is 42.6 Å². The number of benzene rings is 2. The number of hydrogen-bond donors (Lipinski definition) is 1. The van der Waals surface area contributed by atoms with Gasteiger partial charge in [-0.05, 0) is 68.7 Å². The highest BCUT2D eigenvalue weighted by Crippen LogP contribution is 2.41. The van der Waals surface area contributed by atoms with Crippen molar-refractivity contribution in [3.8, 4) is 0 Å². The molecular weight excluding hydrogens is 358 g/mol. The molecule has 1 fully saturated rings. The molecule has 0 radical (unpaired) electrons. The van der Waals surface area contributed by atoms with Crippen molar-refractivity contribution in [1.29, 1.82) is 0 Å². The standard InChI is InChI=1S/C23H26F2N2O/c1-15-13-21(26-19-10-7-17(24)8-11-19)20-14-18(25)9-12-22(20)27(15)23(28)16-5-3-2-4-6-16/h7-12,14-16,21,26H,2-6,13H2,1H3/t15-,21+/m1/s1. The summed E-state index contributed by atoms with van der Waals surface area (Å²) in [6.45, 7) is 2.05. The maximum absolute atomic E-state index is 14.1. The molecule has 0 spiro atoms. The Hall–Kier alpha value is -2.43. The van der Waals surface area contributed by atoms with Gasteiger partial charge in [0.25, 0.3) is 0 Å². The van der Waals surface area contributed by atoms with Crippen LogP contribution in [0.15, 0.2) is 42.5 Å². The summed E-state index contributed by atoms with van der Waals surface area (Å²) in [6.07, 6.45) is 5.95. The average molecular weight is 384 g/mol. The number of rotatable bonds is 3. The van der Waals surface area contributed by atoms with Crippen LogP contribution in [0.1, 0.15) is 57.1 Å². The van der Waals surface area contributed by atoms with Crippen LogP contribution in [0.4, 0.5) is 20.2 Å². The van der Waals surface area contributed by atoms with Gasteiger partial charge in [0.1, 0.15) is 11.6 Å². The first kappa shape index (κ1) is 18.9. The van der Waals surface area contributed by atoms with Crippen LogP contribution < -0.4 is 10.2 Å². The van der Waals surface area contributed by atoms with Crippen molar-refractivity contribution >= 4 is 17.3 Å². The third kappa shape index (κ3) is 3.75. The molecule has 2 aliphatic rings. The highest BCUT2D eigenvalue weighted by molar-refractivity contribution is 5.97. The van der Waals surface area contributed by atoms with E-state index in [4.69, 9.17) is 0 Å². The molecule has 2 aromatic rings. The molecule has 0 bridgehead atoms. The topological polar surface area (TPSA) is 32.3 Å². The molecule has 0 saturated heterocycles. The van der Waals surface area contributed by atoms with Crippen molar-refractivity contribution in [2.45, 2.75) is 57.5 Å². The second kappa shape index (κ2) is 7.90. The van der Waals surface area contributed by atoms with Crippen LogP contribution in [0.25, 0.3) is 0 Å². The van der Waals surface area contributed by atoms with E-state index < -0.39 is 0 Å². The fourth-order valence-corrected chi connectivity index (χ4v) is 4.60. The third-order valence-corrected chi connectivity index (χ3v) is 6.02. The Labute approximate surface area is 164 Å². The maximum atomic E-state index is 14.1. The van der Waals surface area contributed by atoms with E-state index in [0.29, 0.717) is 6.42 Å². The lowest BCUT2D eigenvalue weighted by molar-refractivity contribution is -0.123. The number of nitrogens with one attached hydrogen (secondary N) is 1. The quantitative estimate of drug-likeness (QED) is 0.723. The summed E-state index contributed by atoms with van der Waals surface area (Å²) in [5, 5.41) is 3.39. The Morgan fingerprint density at radius 2 is 1.68 bits per heavy atom. The molecule has 4 rings (SSSR count). The Balaban J connectivity index is 1.65. The van der Waals surface area contributed by atoms with E-state index in [1.54, 1.807) is 18.2 Å². The van der Waals surface area contributed by atoms with Crippen LogP contribution >= 0.6 is 0 Å². The minimum absolute atomic E-state index is 0.00494. The number of hydrogen-bond acceptors (Lipinski definition) is 2. The summed E-state index contributed by atoms with van der Waals surface area (Å²) in [7, 11) is 0. The number of amides is 1. The molecular formula is C23H26F2N2O. The number of halogens is 2. The number of nitrogens with zero attached hydrogens (tertiary/aromatic N) is 1. The molecule has 2 aromatic carbocycles. The van der Waals surface area contributed by atoms with Gasteiger partial charge in [-0.2, -0.15) is 0 Å². The number of carbonyl (C=O) groups excluding carboxylic acids is 1. The molecule has 1 saturated carbocycles. The summed E-state index contributed by atoms with van der Waals surface area (Å²) >= 11 is 0. The molecule has 1 heterocycles. The molecule has 3 nitrogen and oxygen atoms in total. The normalized spacial score (nSPS) is 22.6. The van der Waals surface area contributed by atoms with E-state index >= 15 is 0 Å². The lowest BCUT2D eigenvalue weighted by Crippen LogP contribution is -2.47. The van der Waals surface area contributed by atoms with Crippen molar-refractivity contribution in [1.82, 2.24) is 0 Å². The van der Waals surface area contributed by atoms with Gasteiger partial charge in [-0.25, -0.2) is 8.78 Å². The van der Waals surface area contributed by atoms with E-state index in [2.05, 4.69) is 5.32 Å². The zero-order valence-electron chi connectivity index (χ0n) is 16.1. The maximum Gasteiger partial charge on any atom is 0.230 e. The molecule has 2 atom stereocenters. The van der Waals surface area contributed by atoms with Crippen LogP contribution in [-0.4, -0.2) is 11.9 Å². The Kier molecular flexibility index (Phi) is 5.33. The van der Waals surface area contributed by atoms with Gasteiger partial charge in [-0.3, -0.25) is 4.79 Å². The zero-order chi connectivity index (χ0) is 19.7. The molecule has 0 aromatic heterocycles. The Morgan fingerprint density at radius 3 is 2.39 bits per heavy atom. The molecule has 148 valence electrons. The van der Waals surface area contributed by atoms with Crippen molar-refractivity contribution < 1.29 is 13.6 Å². The van der Waals surface area contributed by atoms with Crippen LogP contribution in [0.5, 0.6) is 0 Å². The van der Waals surface area contributed by atoms with Crippen LogP contribution in [-0.2, 0) is 4.79 Å². The number of fused-ring (bicyclic) bond motifs is 1. The average Bonchev–Trinajstić information content (AvgIpc) is 2.70. The first-order valence-corrected chi connectivity index (χ1v) is 10.2. The van der Waals surface area contributed by atoms with Gasteiger partial charge >= 0.3 is 0 Å². The molecule has 5 heteroatoms. The monoisotopic (exact) mass is 384 g/mol. The fraction of sp³-hybridized carbons (Fsp3) is 0.435. The van der Waals surface area contributed by atoms with Gasteiger partial charge < -0.3 is 10.2 Å². The van der Waals surface area contributed by atoms with E-state index in [-0.39, 0.29) is 35.5 Å². The molecule has 1 aliphatic heterocycles. The summed E-state index contributed by atoms with van der Waals surface area (Å²) in [6, 6.07) is 10.7. The van der Waals surface area contributed by atoms with Gasteiger partial charge in [0.2, 0.25) is 5.91 Å². The van der Waals surface area contributed by atoms with Crippen molar-refractivity contribution in [2.24, 2.45) is 5.92 Å². The van der Waals surface area contributed by atoms with Gasteiger partial charge in [0.15, 0.2) is 0 Å². The summed E-state index contributed by atoms with van der Waals surface area (Å²) in [4.78, 5) is 15.2. The predicted molar refractivity (Wildman–Crippen MR) is 107 cm³/mol. The Bertz CT molecular complexity index is 846. The summed E-state index contributed by atoms with van der Waals surface area (Å²) in [5.41, 5.74) is 2.35. The molecule has 1 amide bonds. The first-order chi connectivity index (χ1) is 13.5. The third-order valence-electron chi connectivity index (χ3n) is 6.02. The second-order valence-corrected chi connectivity index (χ2v) is 8.03. The van der Waals surface area contributed by atoms with Gasteiger partial charge in [-0.1, -0.05) is 19.3 Å². The number of carbonyl (C=O) groups is 1.